The maximum atomic E-state index is 5.48. The Kier molecular flexibility index (Phi) is 2.28. The van der Waals surface area contributed by atoms with E-state index in [0.717, 1.165) is 15.7 Å². The molecular weight excluding hydrogens is 250 g/mol. The van der Waals surface area contributed by atoms with E-state index in [4.69, 9.17) is 5.73 Å². The molecule has 0 saturated heterocycles. The van der Waals surface area contributed by atoms with Gasteiger partial charge >= 0.3 is 0 Å². The molecule has 0 amide bonds. The molecule has 0 bridgehead atoms. The lowest BCUT2D eigenvalue weighted by Gasteiger charge is -1.98. The molecule has 0 aliphatic heterocycles. The van der Waals surface area contributed by atoms with Crippen molar-refractivity contribution in [2.45, 2.75) is 0 Å². The SMILES string of the molecule is Nc1nccc(-c2cscc2Br)n1. The summed E-state index contributed by atoms with van der Waals surface area (Å²) in [6.07, 6.45) is 1.65. The van der Waals surface area contributed by atoms with Gasteiger partial charge in [-0.25, -0.2) is 9.97 Å². The smallest absolute Gasteiger partial charge is 0.220 e. The van der Waals surface area contributed by atoms with Crippen molar-refractivity contribution in [3.05, 3.63) is 27.5 Å². The largest absolute Gasteiger partial charge is 0.368 e. The predicted octanol–water partition coefficient (Wildman–Crippen LogP) is 2.55. The van der Waals surface area contributed by atoms with Gasteiger partial charge in [-0.15, -0.1) is 0 Å². The van der Waals surface area contributed by atoms with E-state index in [-0.39, 0.29) is 0 Å². The molecule has 2 rings (SSSR count). The highest BCUT2D eigenvalue weighted by Gasteiger charge is 2.05. The number of rotatable bonds is 1. The van der Waals surface area contributed by atoms with Crippen molar-refractivity contribution in [2.75, 3.05) is 5.73 Å². The fraction of sp³-hybridized carbons (Fsp3) is 0. The van der Waals surface area contributed by atoms with Crippen LogP contribution < -0.4 is 5.73 Å². The second-order valence-corrected chi connectivity index (χ2v) is 4.03. The van der Waals surface area contributed by atoms with Gasteiger partial charge in [-0.1, -0.05) is 0 Å². The van der Waals surface area contributed by atoms with Crippen LogP contribution in [0.1, 0.15) is 0 Å². The average Bonchev–Trinajstić information content (AvgIpc) is 2.51. The van der Waals surface area contributed by atoms with Gasteiger partial charge in [0.25, 0.3) is 0 Å². The van der Waals surface area contributed by atoms with E-state index in [1.165, 1.54) is 0 Å². The molecule has 0 aliphatic carbocycles. The van der Waals surface area contributed by atoms with E-state index < -0.39 is 0 Å². The number of nitrogens with zero attached hydrogens (tertiary/aromatic N) is 2. The first-order valence-electron chi connectivity index (χ1n) is 3.58. The van der Waals surface area contributed by atoms with Crippen molar-refractivity contribution in [2.24, 2.45) is 0 Å². The highest BCUT2D eigenvalue weighted by Crippen LogP contribution is 2.30. The normalized spacial score (nSPS) is 10.2. The van der Waals surface area contributed by atoms with Crippen LogP contribution in [0.25, 0.3) is 11.3 Å². The van der Waals surface area contributed by atoms with Crippen molar-refractivity contribution in [3.63, 3.8) is 0 Å². The highest BCUT2D eigenvalue weighted by molar-refractivity contribution is 9.10. The second-order valence-electron chi connectivity index (χ2n) is 2.43. The lowest BCUT2D eigenvalue weighted by molar-refractivity contribution is 1.19. The Morgan fingerprint density at radius 2 is 2.23 bits per heavy atom. The topological polar surface area (TPSA) is 51.8 Å². The standard InChI is InChI=1S/C8H6BrN3S/c9-6-4-13-3-5(6)7-1-2-11-8(10)12-7/h1-4H,(H2,10,11,12). The summed E-state index contributed by atoms with van der Waals surface area (Å²) < 4.78 is 1.04. The fourth-order valence-corrected chi connectivity index (χ4v) is 2.48. The summed E-state index contributed by atoms with van der Waals surface area (Å²) in [6, 6.07) is 1.84. The lowest BCUT2D eigenvalue weighted by Crippen LogP contribution is -1.94. The Hall–Kier alpha value is -0.940. The van der Waals surface area contributed by atoms with E-state index in [0.29, 0.717) is 5.95 Å². The number of thiophene rings is 1. The van der Waals surface area contributed by atoms with Crippen LogP contribution in [-0.4, -0.2) is 9.97 Å². The lowest BCUT2D eigenvalue weighted by atomic mass is 10.2. The number of halogens is 1. The number of aromatic nitrogens is 2. The van der Waals surface area contributed by atoms with Gasteiger partial charge in [0.1, 0.15) is 0 Å². The molecule has 3 nitrogen and oxygen atoms in total. The molecule has 66 valence electrons. The van der Waals surface area contributed by atoms with Gasteiger partial charge in [-0.3, -0.25) is 0 Å². The molecule has 5 heteroatoms. The summed E-state index contributed by atoms with van der Waals surface area (Å²) in [4.78, 5) is 7.95. The summed E-state index contributed by atoms with van der Waals surface area (Å²) in [6.45, 7) is 0. The zero-order valence-corrected chi connectivity index (χ0v) is 8.97. The van der Waals surface area contributed by atoms with E-state index >= 15 is 0 Å². The molecule has 2 heterocycles. The number of nitrogen functional groups attached to an aromatic ring is 1. The third kappa shape index (κ3) is 1.71. The van der Waals surface area contributed by atoms with Crippen LogP contribution in [0, 0.1) is 0 Å². The van der Waals surface area contributed by atoms with Crippen LogP contribution in [0.2, 0.25) is 0 Å². The number of hydrogen-bond acceptors (Lipinski definition) is 4. The summed E-state index contributed by atoms with van der Waals surface area (Å²) in [5.74, 6) is 0.301. The van der Waals surface area contributed by atoms with Crippen LogP contribution in [0.5, 0.6) is 0 Å². The average molecular weight is 256 g/mol. The molecule has 0 unspecified atom stereocenters. The molecular formula is C8H6BrN3S. The number of nitrogens with two attached hydrogens (primary N) is 1. The van der Waals surface area contributed by atoms with E-state index in [1.54, 1.807) is 17.5 Å². The summed E-state index contributed by atoms with van der Waals surface area (Å²) in [5, 5.41) is 4.03. The predicted molar refractivity (Wildman–Crippen MR) is 57.5 cm³/mol. The Labute approximate surface area is 87.8 Å². The second kappa shape index (κ2) is 3.43. The first-order valence-corrected chi connectivity index (χ1v) is 5.31. The van der Waals surface area contributed by atoms with Crippen molar-refractivity contribution in [1.82, 2.24) is 9.97 Å². The first kappa shape index (κ1) is 8.65. The van der Waals surface area contributed by atoms with Crippen LogP contribution in [0.15, 0.2) is 27.5 Å². The summed E-state index contributed by atoms with van der Waals surface area (Å²) in [5.41, 5.74) is 7.38. The van der Waals surface area contributed by atoms with Crippen molar-refractivity contribution >= 4 is 33.2 Å². The first-order chi connectivity index (χ1) is 6.27. The van der Waals surface area contributed by atoms with Gasteiger partial charge in [0.15, 0.2) is 0 Å². The van der Waals surface area contributed by atoms with E-state index in [2.05, 4.69) is 25.9 Å². The quantitative estimate of drug-likeness (QED) is 0.853. The molecule has 13 heavy (non-hydrogen) atoms. The minimum Gasteiger partial charge on any atom is -0.368 e. The monoisotopic (exact) mass is 255 g/mol. The summed E-state index contributed by atoms with van der Waals surface area (Å²) in [7, 11) is 0. The minimum absolute atomic E-state index is 0.301. The van der Waals surface area contributed by atoms with Gasteiger partial charge in [0.05, 0.1) is 5.69 Å². The van der Waals surface area contributed by atoms with Crippen molar-refractivity contribution < 1.29 is 0 Å². The van der Waals surface area contributed by atoms with Gasteiger partial charge in [-0.2, -0.15) is 11.3 Å². The van der Waals surface area contributed by atoms with Crippen LogP contribution in [-0.2, 0) is 0 Å². The molecule has 0 atom stereocenters. The molecule has 2 aromatic rings. The molecule has 2 N–H and O–H groups in total. The van der Waals surface area contributed by atoms with Gasteiger partial charge in [0.2, 0.25) is 5.95 Å². The fourth-order valence-electron chi connectivity index (χ4n) is 0.988. The zero-order valence-electron chi connectivity index (χ0n) is 6.57. The van der Waals surface area contributed by atoms with Crippen LogP contribution in [0.3, 0.4) is 0 Å². The maximum absolute atomic E-state index is 5.48. The molecule has 0 aliphatic rings. The molecule has 0 saturated carbocycles. The Bertz CT molecular complexity index is 427. The molecule has 0 fully saturated rings. The highest BCUT2D eigenvalue weighted by atomic mass is 79.9. The van der Waals surface area contributed by atoms with E-state index in [9.17, 15) is 0 Å². The Morgan fingerprint density at radius 1 is 1.38 bits per heavy atom. The maximum Gasteiger partial charge on any atom is 0.220 e. The molecule has 0 aromatic carbocycles. The zero-order chi connectivity index (χ0) is 9.26. The molecule has 2 aromatic heterocycles. The van der Waals surface area contributed by atoms with Crippen molar-refractivity contribution in [3.8, 4) is 11.3 Å². The Balaban J connectivity index is 2.53. The van der Waals surface area contributed by atoms with Gasteiger partial charge in [-0.05, 0) is 22.0 Å². The third-order valence-corrected chi connectivity index (χ3v) is 3.27. The van der Waals surface area contributed by atoms with Gasteiger partial charge in [0, 0.05) is 27.0 Å². The Morgan fingerprint density at radius 3 is 2.85 bits per heavy atom. The summed E-state index contributed by atoms with van der Waals surface area (Å²) >= 11 is 5.06. The minimum atomic E-state index is 0.301. The van der Waals surface area contributed by atoms with Crippen LogP contribution >= 0.6 is 27.3 Å². The third-order valence-electron chi connectivity index (χ3n) is 1.56. The van der Waals surface area contributed by atoms with Gasteiger partial charge < -0.3 is 5.73 Å². The van der Waals surface area contributed by atoms with Crippen molar-refractivity contribution in [1.29, 1.82) is 0 Å². The molecule has 0 radical (unpaired) electrons. The number of hydrogen-bond donors (Lipinski definition) is 1. The molecule has 0 spiro atoms. The number of anilines is 1. The van der Waals surface area contributed by atoms with E-state index in [1.807, 2.05) is 16.8 Å². The van der Waals surface area contributed by atoms with Crippen LogP contribution in [0.4, 0.5) is 5.95 Å².